The predicted molar refractivity (Wildman–Crippen MR) is 51.6 cm³/mol. The van der Waals surface area contributed by atoms with Gasteiger partial charge in [-0.1, -0.05) is 18.2 Å². The van der Waals surface area contributed by atoms with Gasteiger partial charge in [-0.3, -0.25) is 0 Å². The van der Waals surface area contributed by atoms with Gasteiger partial charge in [0.25, 0.3) is 0 Å². The van der Waals surface area contributed by atoms with Gasteiger partial charge in [-0.2, -0.15) is 0 Å². The number of benzene rings is 1. The van der Waals surface area contributed by atoms with Crippen LogP contribution in [0, 0.1) is 6.92 Å². The highest BCUT2D eigenvalue weighted by Crippen LogP contribution is 2.26. The van der Waals surface area contributed by atoms with E-state index in [1.54, 1.807) is 0 Å². The third-order valence-electron chi connectivity index (χ3n) is 1.92. The van der Waals surface area contributed by atoms with Crippen LogP contribution in [-0.2, 0) is 4.74 Å². The molecule has 0 aromatic heterocycles. The first-order valence-electron chi connectivity index (χ1n) is 4.16. The minimum atomic E-state index is 0.523. The first-order chi connectivity index (χ1) is 5.86. The van der Waals surface area contributed by atoms with Crippen molar-refractivity contribution in [2.75, 3.05) is 12.4 Å². The zero-order chi connectivity index (χ0) is 8.39. The van der Waals surface area contributed by atoms with Gasteiger partial charge in [0.1, 0.15) is 0 Å². The van der Waals surface area contributed by atoms with Crippen LogP contribution in [0.5, 0.6) is 0 Å². The monoisotopic (exact) mass is 180 g/mol. The number of thioether (sulfide) groups is 1. The number of hydrogen-bond donors (Lipinski definition) is 0. The highest BCUT2D eigenvalue weighted by atomic mass is 32.2. The summed E-state index contributed by atoms with van der Waals surface area (Å²) in [7, 11) is 0. The maximum Gasteiger partial charge on any atom is 0.0903 e. The molecule has 0 unspecified atom stereocenters. The highest BCUT2D eigenvalue weighted by Gasteiger charge is 2.22. The molecule has 0 saturated carbocycles. The van der Waals surface area contributed by atoms with E-state index >= 15 is 0 Å². The number of hydrogen-bond acceptors (Lipinski definition) is 2. The lowest BCUT2D eigenvalue weighted by molar-refractivity contribution is 0.426. The third-order valence-corrected chi connectivity index (χ3v) is 3.23. The Morgan fingerprint density at radius 1 is 1.50 bits per heavy atom. The second-order valence-electron chi connectivity index (χ2n) is 3.03. The van der Waals surface area contributed by atoms with Crippen molar-refractivity contribution in [2.24, 2.45) is 0 Å². The molecule has 1 aliphatic rings. The molecule has 0 bridgehead atoms. The summed E-state index contributed by atoms with van der Waals surface area (Å²) in [6.07, 6.45) is 0.523. The zero-order valence-electron chi connectivity index (χ0n) is 7.12. The van der Waals surface area contributed by atoms with Crippen LogP contribution in [-0.4, -0.2) is 18.5 Å². The number of aryl methyl sites for hydroxylation is 1. The maximum atomic E-state index is 5.15. The Hall–Kier alpha value is -0.470. The van der Waals surface area contributed by atoms with E-state index < -0.39 is 0 Å². The van der Waals surface area contributed by atoms with Crippen molar-refractivity contribution >= 4 is 11.8 Å². The molecular formula is C10H12OS. The smallest absolute Gasteiger partial charge is 0.0903 e. The minimum absolute atomic E-state index is 0.523. The van der Waals surface area contributed by atoms with E-state index in [0.717, 1.165) is 12.4 Å². The quantitative estimate of drug-likeness (QED) is 0.523. The van der Waals surface area contributed by atoms with Gasteiger partial charge in [0.2, 0.25) is 0 Å². The molecule has 1 atom stereocenters. The first kappa shape index (κ1) is 8.14. The highest BCUT2D eigenvalue weighted by molar-refractivity contribution is 7.99. The molecule has 1 aliphatic heterocycles. The van der Waals surface area contributed by atoms with Crippen molar-refractivity contribution in [3.05, 3.63) is 29.8 Å². The molecule has 12 heavy (non-hydrogen) atoms. The van der Waals surface area contributed by atoms with E-state index in [1.165, 1.54) is 10.5 Å². The van der Waals surface area contributed by atoms with Crippen LogP contribution < -0.4 is 0 Å². The zero-order valence-corrected chi connectivity index (χ0v) is 7.93. The van der Waals surface area contributed by atoms with E-state index in [2.05, 4.69) is 31.2 Å². The summed E-state index contributed by atoms with van der Waals surface area (Å²) in [6, 6.07) is 8.48. The van der Waals surface area contributed by atoms with Crippen LogP contribution in [0.25, 0.3) is 0 Å². The lowest BCUT2D eigenvalue weighted by Crippen LogP contribution is -1.89. The molecule has 2 heteroatoms. The topological polar surface area (TPSA) is 12.5 Å². The first-order valence-corrected chi connectivity index (χ1v) is 5.15. The van der Waals surface area contributed by atoms with Crippen molar-refractivity contribution in [3.63, 3.8) is 0 Å². The van der Waals surface area contributed by atoms with Crippen LogP contribution in [0.4, 0.5) is 0 Å². The molecule has 0 amide bonds. The Bertz CT molecular complexity index is 268. The van der Waals surface area contributed by atoms with Gasteiger partial charge in [-0.25, -0.2) is 0 Å². The van der Waals surface area contributed by atoms with Gasteiger partial charge < -0.3 is 4.74 Å². The van der Waals surface area contributed by atoms with E-state index in [1.807, 2.05) is 11.8 Å². The number of rotatable bonds is 3. The molecular weight excluding hydrogens is 168 g/mol. The van der Waals surface area contributed by atoms with E-state index in [9.17, 15) is 0 Å². The van der Waals surface area contributed by atoms with Gasteiger partial charge in [-0.05, 0) is 18.6 Å². The van der Waals surface area contributed by atoms with Gasteiger partial charge in [0.15, 0.2) is 0 Å². The van der Waals surface area contributed by atoms with Crippen molar-refractivity contribution < 1.29 is 4.74 Å². The lowest BCUT2D eigenvalue weighted by Gasteiger charge is -2.02. The Balaban J connectivity index is 1.96. The standard InChI is InChI=1S/C10H12OS/c1-8-4-2-3-5-10(8)12-7-9-6-11-9/h2-5,9H,6-7H2,1H3/t9-/m0/s1. The van der Waals surface area contributed by atoms with Gasteiger partial charge >= 0.3 is 0 Å². The molecule has 1 heterocycles. The van der Waals surface area contributed by atoms with E-state index in [4.69, 9.17) is 4.74 Å². The minimum Gasteiger partial charge on any atom is -0.372 e. The van der Waals surface area contributed by atoms with Gasteiger partial charge in [0.05, 0.1) is 12.7 Å². The molecule has 2 rings (SSSR count). The molecule has 0 spiro atoms. The van der Waals surface area contributed by atoms with Crippen LogP contribution in [0.3, 0.4) is 0 Å². The molecule has 0 radical (unpaired) electrons. The van der Waals surface area contributed by atoms with Crippen LogP contribution in [0.1, 0.15) is 5.56 Å². The fourth-order valence-corrected chi connectivity index (χ4v) is 2.09. The summed E-state index contributed by atoms with van der Waals surface area (Å²) in [5, 5.41) is 0. The molecule has 0 N–H and O–H groups in total. The van der Waals surface area contributed by atoms with Crippen molar-refractivity contribution in [1.29, 1.82) is 0 Å². The second-order valence-corrected chi connectivity index (χ2v) is 4.09. The molecule has 64 valence electrons. The lowest BCUT2D eigenvalue weighted by atomic mass is 10.2. The molecule has 1 fully saturated rings. The molecule has 0 aliphatic carbocycles. The van der Waals surface area contributed by atoms with Crippen molar-refractivity contribution in [3.8, 4) is 0 Å². The molecule has 1 aromatic rings. The van der Waals surface area contributed by atoms with Crippen LogP contribution >= 0.6 is 11.8 Å². The summed E-state index contributed by atoms with van der Waals surface area (Å²) in [5.41, 5.74) is 1.36. The molecule has 1 saturated heterocycles. The summed E-state index contributed by atoms with van der Waals surface area (Å²) < 4.78 is 5.15. The fourth-order valence-electron chi connectivity index (χ4n) is 1.07. The largest absolute Gasteiger partial charge is 0.372 e. The molecule has 1 nitrogen and oxygen atoms in total. The number of epoxide rings is 1. The summed E-state index contributed by atoms with van der Waals surface area (Å²) in [6.45, 7) is 3.11. The van der Waals surface area contributed by atoms with Crippen LogP contribution in [0.15, 0.2) is 29.2 Å². The average molecular weight is 180 g/mol. The Morgan fingerprint density at radius 3 is 2.92 bits per heavy atom. The summed E-state index contributed by atoms with van der Waals surface area (Å²) in [5.74, 6) is 1.10. The van der Waals surface area contributed by atoms with E-state index in [-0.39, 0.29) is 0 Å². The fraction of sp³-hybridized carbons (Fsp3) is 0.400. The summed E-state index contributed by atoms with van der Waals surface area (Å²) >= 11 is 1.89. The predicted octanol–water partition coefficient (Wildman–Crippen LogP) is 2.49. The Morgan fingerprint density at radius 2 is 2.25 bits per heavy atom. The van der Waals surface area contributed by atoms with Crippen molar-refractivity contribution in [2.45, 2.75) is 17.9 Å². The average Bonchev–Trinajstić information content (AvgIpc) is 2.86. The normalized spacial score (nSPS) is 20.9. The third kappa shape index (κ3) is 2.02. The van der Waals surface area contributed by atoms with Gasteiger partial charge in [-0.15, -0.1) is 11.8 Å². The Labute approximate surface area is 77.1 Å². The SMILES string of the molecule is Cc1ccccc1SC[C@@H]1CO1. The second kappa shape index (κ2) is 3.50. The van der Waals surface area contributed by atoms with E-state index in [0.29, 0.717) is 6.10 Å². The summed E-state index contributed by atoms with van der Waals surface area (Å²) in [4.78, 5) is 1.38. The van der Waals surface area contributed by atoms with Crippen LogP contribution in [0.2, 0.25) is 0 Å². The van der Waals surface area contributed by atoms with Crippen molar-refractivity contribution in [1.82, 2.24) is 0 Å². The van der Waals surface area contributed by atoms with Gasteiger partial charge in [0, 0.05) is 10.6 Å². The molecule has 1 aromatic carbocycles. The number of ether oxygens (including phenoxy) is 1. The Kier molecular flexibility index (Phi) is 2.38. The maximum absolute atomic E-state index is 5.15.